The highest BCUT2D eigenvalue weighted by Crippen LogP contribution is 2.38. The first-order valence-electron chi connectivity index (χ1n) is 9.20. The van der Waals surface area contributed by atoms with Gasteiger partial charge in [0.05, 0.1) is 29.5 Å². The maximum atomic E-state index is 13.8. The monoisotopic (exact) mass is 469 g/mol. The van der Waals surface area contributed by atoms with Gasteiger partial charge in [-0.2, -0.15) is 0 Å². The summed E-state index contributed by atoms with van der Waals surface area (Å²) < 4.78 is 59.4. The quantitative estimate of drug-likeness (QED) is 0.664. The van der Waals surface area contributed by atoms with E-state index in [1.807, 2.05) is 0 Å². The Morgan fingerprint density at radius 1 is 1.16 bits per heavy atom. The molecule has 0 aliphatic carbocycles. The van der Waals surface area contributed by atoms with Crippen molar-refractivity contribution < 1.29 is 31.5 Å². The molecule has 1 saturated heterocycles. The first kappa shape index (κ1) is 21.5. The molecule has 2 N–H and O–H groups in total. The first-order chi connectivity index (χ1) is 14.7. The third kappa shape index (κ3) is 4.50. The number of sulfonamides is 1. The molecular formula is C19H17F2N3O5S2. The molecule has 164 valence electrons. The molecule has 2 heterocycles. The van der Waals surface area contributed by atoms with Crippen LogP contribution in [0.1, 0.15) is 0 Å². The van der Waals surface area contributed by atoms with E-state index < -0.39 is 38.5 Å². The number of benzene rings is 2. The van der Waals surface area contributed by atoms with E-state index in [1.54, 1.807) is 4.90 Å². The van der Waals surface area contributed by atoms with Gasteiger partial charge in [0.1, 0.15) is 11.6 Å². The predicted molar refractivity (Wildman–Crippen MR) is 109 cm³/mol. The van der Waals surface area contributed by atoms with Gasteiger partial charge in [0.15, 0.2) is 5.25 Å². The molecule has 8 nitrogen and oxygen atoms in total. The summed E-state index contributed by atoms with van der Waals surface area (Å²) in [5.41, 5.74) is -0.183. The van der Waals surface area contributed by atoms with Gasteiger partial charge >= 0.3 is 0 Å². The van der Waals surface area contributed by atoms with Crippen molar-refractivity contribution in [3.05, 3.63) is 48.0 Å². The summed E-state index contributed by atoms with van der Waals surface area (Å²) in [5, 5.41) is 1.58. The number of nitrogens with zero attached hydrogens (tertiary/aromatic N) is 1. The molecule has 0 saturated carbocycles. The van der Waals surface area contributed by atoms with E-state index in [0.717, 1.165) is 23.9 Å². The fourth-order valence-electron chi connectivity index (χ4n) is 3.14. The standard InChI is InChI=1S/C19H17F2N3O5S2/c20-11-1-3-14(13(21)9-11)23-31(27,28)12-2-4-16-15(10-12)22-18(25)17(30-16)19(26)24-5-7-29-8-6-24/h1-4,9-10,17,23H,5-8H2,(H,22,25)/t17-/m0/s1. The van der Waals surface area contributed by atoms with Crippen LogP contribution in [0.25, 0.3) is 0 Å². The zero-order valence-electron chi connectivity index (χ0n) is 15.9. The minimum atomic E-state index is -4.21. The van der Waals surface area contributed by atoms with Crippen molar-refractivity contribution in [3.8, 4) is 0 Å². The summed E-state index contributed by atoms with van der Waals surface area (Å²) in [6, 6.07) is 6.43. The number of carbonyl (C=O) groups is 2. The summed E-state index contributed by atoms with van der Waals surface area (Å²) in [7, 11) is -4.21. The number of halogens is 2. The van der Waals surface area contributed by atoms with E-state index in [-0.39, 0.29) is 16.5 Å². The number of amides is 2. The van der Waals surface area contributed by atoms with E-state index in [9.17, 15) is 26.8 Å². The Morgan fingerprint density at radius 2 is 1.90 bits per heavy atom. The molecular weight excluding hydrogens is 452 g/mol. The van der Waals surface area contributed by atoms with Crippen molar-refractivity contribution in [3.63, 3.8) is 0 Å². The normalized spacial score (nSPS) is 18.8. The van der Waals surface area contributed by atoms with Gasteiger partial charge in [-0.05, 0) is 30.3 Å². The number of morpholine rings is 1. The van der Waals surface area contributed by atoms with E-state index in [0.29, 0.717) is 37.3 Å². The molecule has 0 unspecified atom stereocenters. The van der Waals surface area contributed by atoms with Gasteiger partial charge in [-0.15, -0.1) is 11.8 Å². The number of thioether (sulfide) groups is 1. The Balaban J connectivity index is 1.54. The average molecular weight is 469 g/mol. The minimum absolute atomic E-state index is 0.225. The van der Waals surface area contributed by atoms with E-state index in [1.165, 1.54) is 18.2 Å². The Morgan fingerprint density at radius 3 is 2.61 bits per heavy atom. The number of fused-ring (bicyclic) bond motifs is 1. The van der Waals surface area contributed by atoms with E-state index in [4.69, 9.17) is 4.74 Å². The van der Waals surface area contributed by atoms with E-state index in [2.05, 4.69) is 10.0 Å². The van der Waals surface area contributed by atoms with Gasteiger partial charge < -0.3 is 15.0 Å². The molecule has 31 heavy (non-hydrogen) atoms. The highest BCUT2D eigenvalue weighted by Gasteiger charge is 2.36. The van der Waals surface area contributed by atoms with Gasteiger partial charge in [0.2, 0.25) is 11.8 Å². The molecule has 2 aliphatic heterocycles. The lowest BCUT2D eigenvalue weighted by atomic mass is 10.2. The maximum Gasteiger partial charge on any atom is 0.262 e. The number of nitrogens with one attached hydrogen (secondary N) is 2. The first-order valence-corrected chi connectivity index (χ1v) is 11.6. The number of carbonyl (C=O) groups excluding carboxylic acids is 2. The number of anilines is 2. The molecule has 2 aliphatic rings. The van der Waals surface area contributed by atoms with Crippen LogP contribution in [0.2, 0.25) is 0 Å². The van der Waals surface area contributed by atoms with Crippen molar-refractivity contribution in [2.24, 2.45) is 0 Å². The van der Waals surface area contributed by atoms with Crippen LogP contribution in [-0.2, 0) is 24.3 Å². The fraction of sp³-hybridized carbons (Fsp3) is 0.263. The number of hydrogen-bond donors (Lipinski definition) is 2. The zero-order chi connectivity index (χ0) is 22.2. The lowest BCUT2D eigenvalue weighted by Crippen LogP contribution is -2.49. The minimum Gasteiger partial charge on any atom is -0.378 e. The molecule has 0 spiro atoms. The van der Waals surface area contributed by atoms with Crippen LogP contribution in [0.5, 0.6) is 0 Å². The van der Waals surface area contributed by atoms with Crippen LogP contribution in [-0.4, -0.2) is 56.7 Å². The Kier molecular flexibility index (Phi) is 5.86. The summed E-state index contributed by atoms with van der Waals surface area (Å²) >= 11 is 1.03. The number of hydrogen-bond acceptors (Lipinski definition) is 6. The lowest BCUT2D eigenvalue weighted by Gasteiger charge is -2.31. The van der Waals surface area contributed by atoms with E-state index >= 15 is 0 Å². The van der Waals surface area contributed by atoms with Crippen molar-refractivity contribution in [1.82, 2.24) is 4.90 Å². The van der Waals surface area contributed by atoms with Crippen LogP contribution < -0.4 is 10.0 Å². The highest BCUT2D eigenvalue weighted by atomic mass is 32.2. The largest absolute Gasteiger partial charge is 0.378 e. The van der Waals surface area contributed by atoms with Gasteiger partial charge in [-0.3, -0.25) is 14.3 Å². The highest BCUT2D eigenvalue weighted by molar-refractivity contribution is 8.01. The summed E-state index contributed by atoms with van der Waals surface area (Å²) in [6.45, 7) is 1.62. The van der Waals surface area contributed by atoms with Crippen molar-refractivity contribution in [2.75, 3.05) is 36.3 Å². The molecule has 0 radical (unpaired) electrons. The molecule has 4 rings (SSSR count). The van der Waals surface area contributed by atoms with Gasteiger partial charge in [0, 0.05) is 24.1 Å². The smallest absolute Gasteiger partial charge is 0.262 e. The molecule has 2 aromatic rings. The third-order valence-electron chi connectivity index (χ3n) is 4.72. The molecule has 12 heteroatoms. The Hall–Kier alpha value is -2.70. The van der Waals surface area contributed by atoms with Gasteiger partial charge in [0.25, 0.3) is 10.0 Å². The third-order valence-corrected chi connectivity index (χ3v) is 7.35. The Bertz CT molecular complexity index is 1150. The van der Waals surface area contributed by atoms with Crippen LogP contribution in [0.15, 0.2) is 46.2 Å². The SMILES string of the molecule is O=C1Nc2cc(S(=O)(=O)Nc3ccc(F)cc3F)ccc2S[C@@H]1C(=O)N1CCOCC1. The average Bonchev–Trinajstić information content (AvgIpc) is 2.75. The predicted octanol–water partition coefficient (Wildman–Crippen LogP) is 2.04. The summed E-state index contributed by atoms with van der Waals surface area (Å²) in [5.74, 6) is -2.78. The Labute approximate surface area is 181 Å². The molecule has 1 fully saturated rings. The van der Waals surface area contributed by atoms with Crippen molar-refractivity contribution in [1.29, 1.82) is 0 Å². The summed E-state index contributed by atoms with van der Waals surface area (Å²) in [6.07, 6.45) is 0. The number of ether oxygens (including phenoxy) is 1. The summed E-state index contributed by atoms with van der Waals surface area (Å²) in [4.78, 5) is 27.0. The molecule has 2 aromatic carbocycles. The number of rotatable bonds is 4. The zero-order valence-corrected chi connectivity index (χ0v) is 17.6. The van der Waals surface area contributed by atoms with Crippen LogP contribution in [0.3, 0.4) is 0 Å². The van der Waals surface area contributed by atoms with Gasteiger partial charge in [-0.25, -0.2) is 17.2 Å². The second kappa shape index (κ2) is 8.44. The lowest BCUT2D eigenvalue weighted by molar-refractivity contribution is -0.137. The van der Waals surface area contributed by atoms with Crippen LogP contribution in [0, 0.1) is 11.6 Å². The fourth-order valence-corrected chi connectivity index (χ4v) is 5.29. The van der Waals surface area contributed by atoms with Crippen LogP contribution >= 0.6 is 11.8 Å². The van der Waals surface area contributed by atoms with Crippen molar-refractivity contribution >= 4 is 45.0 Å². The van der Waals surface area contributed by atoms with Crippen molar-refractivity contribution in [2.45, 2.75) is 15.0 Å². The van der Waals surface area contributed by atoms with Crippen LogP contribution in [0.4, 0.5) is 20.2 Å². The van der Waals surface area contributed by atoms with Gasteiger partial charge in [-0.1, -0.05) is 0 Å². The molecule has 1 atom stereocenters. The maximum absolute atomic E-state index is 13.8. The second-order valence-electron chi connectivity index (χ2n) is 6.81. The molecule has 0 aromatic heterocycles. The second-order valence-corrected chi connectivity index (χ2v) is 9.64. The topological polar surface area (TPSA) is 105 Å². The molecule has 2 amide bonds. The molecule has 0 bridgehead atoms.